The zero-order valence-corrected chi connectivity index (χ0v) is 8.69. The molecule has 4 nitrogen and oxygen atoms in total. The van der Waals surface area contributed by atoms with Crippen LogP contribution in [0.2, 0.25) is 0 Å². The lowest BCUT2D eigenvalue weighted by Gasteiger charge is -2.00. The standard InChI is InChI=1S/C9H8FN3OS/c1-5-9(15-4-12-5)13-8(14)7-2-6(10)3-11-7/h2-4,11H,1H3,(H,13,14). The quantitative estimate of drug-likeness (QED) is 0.822. The summed E-state index contributed by atoms with van der Waals surface area (Å²) >= 11 is 1.33. The molecule has 0 saturated heterocycles. The molecule has 2 aromatic rings. The number of thiazole rings is 1. The van der Waals surface area contributed by atoms with E-state index in [0.717, 1.165) is 18.0 Å². The molecule has 0 aliphatic carbocycles. The molecule has 2 aromatic heterocycles. The minimum Gasteiger partial charge on any atom is -0.355 e. The van der Waals surface area contributed by atoms with Gasteiger partial charge in [-0.2, -0.15) is 0 Å². The largest absolute Gasteiger partial charge is 0.355 e. The van der Waals surface area contributed by atoms with Gasteiger partial charge in [0.1, 0.15) is 16.5 Å². The first-order chi connectivity index (χ1) is 7.16. The zero-order valence-electron chi connectivity index (χ0n) is 7.87. The zero-order chi connectivity index (χ0) is 10.8. The summed E-state index contributed by atoms with van der Waals surface area (Å²) in [5, 5.41) is 3.31. The summed E-state index contributed by atoms with van der Waals surface area (Å²) < 4.78 is 12.6. The van der Waals surface area contributed by atoms with Crippen molar-refractivity contribution < 1.29 is 9.18 Å². The van der Waals surface area contributed by atoms with Gasteiger partial charge in [-0.05, 0) is 6.92 Å². The van der Waals surface area contributed by atoms with Crippen molar-refractivity contribution in [2.45, 2.75) is 6.92 Å². The van der Waals surface area contributed by atoms with E-state index in [9.17, 15) is 9.18 Å². The van der Waals surface area contributed by atoms with Crippen molar-refractivity contribution in [1.82, 2.24) is 9.97 Å². The van der Waals surface area contributed by atoms with Crippen molar-refractivity contribution in [3.8, 4) is 0 Å². The number of hydrogen-bond donors (Lipinski definition) is 2. The van der Waals surface area contributed by atoms with Gasteiger partial charge in [-0.1, -0.05) is 0 Å². The van der Waals surface area contributed by atoms with Crippen LogP contribution in [0.3, 0.4) is 0 Å². The molecular formula is C9H8FN3OS. The molecule has 2 N–H and O–H groups in total. The fourth-order valence-corrected chi connectivity index (χ4v) is 1.78. The summed E-state index contributed by atoms with van der Waals surface area (Å²) in [6.45, 7) is 1.79. The van der Waals surface area contributed by atoms with E-state index in [1.807, 2.05) is 0 Å². The first-order valence-corrected chi connectivity index (χ1v) is 5.10. The SMILES string of the molecule is Cc1ncsc1NC(=O)c1cc(F)c[nH]1. The van der Waals surface area contributed by atoms with Crippen LogP contribution in [-0.2, 0) is 0 Å². The van der Waals surface area contributed by atoms with Crippen LogP contribution >= 0.6 is 11.3 Å². The highest BCUT2D eigenvalue weighted by molar-refractivity contribution is 7.14. The fraction of sp³-hybridized carbons (Fsp3) is 0.111. The predicted octanol–water partition coefficient (Wildman–Crippen LogP) is 2.17. The van der Waals surface area contributed by atoms with Crippen LogP contribution in [-0.4, -0.2) is 15.9 Å². The maximum absolute atomic E-state index is 12.6. The Bertz CT molecular complexity index is 491. The van der Waals surface area contributed by atoms with E-state index in [2.05, 4.69) is 15.3 Å². The monoisotopic (exact) mass is 225 g/mol. The summed E-state index contributed by atoms with van der Waals surface area (Å²) in [6, 6.07) is 1.14. The summed E-state index contributed by atoms with van der Waals surface area (Å²) in [5.74, 6) is -0.826. The van der Waals surface area contributed by atoms with Crippen molar-refractivity contribution in [1.29, 1.82) is 0 Å². The molecule has 2 heterocycles. The number of aromatic amines is 1. The van der Waals surface area contributed by atoms with Crippen molar-refractivity contribution in [2.75, 3.05) is 5.32 Å². The Balaban J connectivity index is 2.14. The van der Waals surface area contributed by atoms with E-state index in [1.54, 1.807) is 12.4 Å². The molecule has 0 spiro atoms. The number of amides is 1. The van der Waals surface area contributed by atoms with Gasteiger partial charge in [-0.3, -0.25) is 4.79 Å². The molecule has 0 atom stereocenters. The molecule has 0 aliphatic rings. The number of aryl methyl sites for hydroxylation is 1. The normalized spacial score (nSPS) is 10.3. The molecule has 0 aliphatic heterocycles. The number of carbonyl (C=O) groups is 1. The van der Waals surface area contributed by atoms with Gasteiger partial charge in [0, 0.05) is 12.3 Å². The molecule has 6 heteroatoms. The fourth-order valence-electron chi connectivity index (χ4n) is 1.09. The van der Waals surface area contributed by atoms with Gasteiger partial charge in [-0.15, -0.1) is 11.3 Å². The van der Waals surface area contributed by atoms with E-state index < -0.39 is 5.82 Å². The number of aromatic nitrogens is 2. The van der Waals surface area contributed by atoms with Crippen LogP contribution in [0.15, 0.2) is 17.8 Å². The second-order valence-electron chi connectivity index (χ2n) is 2.95. The van der Waals surface area contributed by atoms with Gasteiger partial charge in [0.15, 0.2) is 0 Å². The second-order valence-corrected chi connectivity index (χ2v) is 3.81. The topological polar surface area (TPSA) is 57.8 Å². The summed E-state index contributed by atoms with van der Waals surface area (Å²) in [7, 11) is 0. The molecule has 0 fully saturated rings. The van der Waals surface area contributed by atoms with Crippen LogP contribution in [0.5, 0.6) is 0 Å². The van der Waals surface area contributed by atoms with Crippen LogP contribution < -0.4 is 5.32 Å². The molecule has 2 rings (SSSR count). The molecule has 0 saturated carbocycles. The lowest BCUT2D eigenvalue weighted by atomic mass is 10.4. The van der Waals surface area contributed by atoms with Crippen LogP contribution in [0.4, 0.5) is 9.39 Å². The first kappa shape index (κ1) is 9.85. The highest BCUT2D eigenvalue weighted by atomic mass is 32.1. The highest BCUT2D eigenvalue weighted by Crippen LogP contribution is 2.19. The summed E-state index contributed by atoms with van der Waals surface area (Å²) in [5.41, 5.74) is 2.58. The molecule has 15 heavy (non-hydrogen) atoms. The molecule has 0 radical (unpaired) electrons. The average Bonchev–Trinajstić information content (AvgIpc) is 2.77. The minimum atomic E-state index is -0.457. The third-order valence-corrected chi connectivity index (χ3v) is 2.71. The Kier molecular flexibility index (Phi) is 2.51. The predicted molar refractivity (Wildman–Crippen MR) is 55.6 cm³/mol. The Morgan fingerprint density at radius 3 is 3.00 bits per heavy atom. The molecule has 0 aromatic carbocycles. The maximum atomic E-state index is 12.6. The number of nitrogens with one attached hydrogen (secondary N) is 2. The van der Waals surface area contributed by atoms with E-state index in [0.29, 0.717) is 5.00 Å². The van der Waals surface area contributed by atoms with E-state index >= 15 is 0 Å². The minimum absolute atomic E-state index is 0.195. The molecule has 0 unspecified atom stereocenters. The number of rotatable bonds is 2. The van der Waals surface area contributed by atoms with E-state index in [-0.39, 0.29) is 11.6 Å². The van der Waals surface area contributed by atoms with Gasteiger partial charge < -0.3 is 10.3 Å². The van der Waals surface area contributed by atoms with Crippen LogP contribution in [0, 0.1) is 12.7 Å². The lowest BCUT2D eigenvalue weighted by Crippen LogP contribution is -2.11. The van der Waals surface area contributed by atoms with E-state index in [1.165, 1.54) is 11.3 Å². The number of halogens is 1. The third kappa shape index (κ3) is 2.04. The maximum Gasteiger partial charge on any atom is 0.272 e. The number of H-pyrrole nitrogens is 1. The average molecular weight is 225 g/mol. The van der Waals surface area contributed by atoms with Crippen molar-refractivity contribution in [3.05, 3.63) is 35.0 Å². The van der Waals surface area contributed by atoms with Gasteiger partial charge in [0.05, 0.1) is 11.2 Å². The van der Waals surface area contributed by atoms with Crippen molar-refractivity contribution in [2.24, 2.45) is 0 Å². The van der Waals surface area contributed by atoms with Crippen LogP contribution in [0.25, 0.3) is 0 Å². The summed E-state index contributed by atoms with van der Waals surface area (Å²) in [6.07, 6.45) is 1.13. The van der Waals surface area contributed by atoms with Gasteiger partial charge in [0.25, 0.3) is 5.91 Å². The van der Waals surface area contributed by atoms with E-state index in [4.69, 9.17) is 0 Å². The number of anilines is 1. The number of nitrogens with zero attached hydrogens (tertiary/aromatic N) is 1. The molecule has 78 valence electrons. The summed E-state index contributed by atoms with van der Waals surface area (Å²) in [4.78, 5) is 18.1. The third-order valence-electron chi connectivity index (χ3n) is 1.86. The second kappa shape index (κ2) is 3.82. The van der Waals surface area contributed by atoms with Gasteiger partial charge in [0.2, 0.25) is 0 Å². The smallest absolute Gasteiger partial charge is 0.272 e. The Hall–Kier alpha value is -1.69. The Morgan fingerprint density at radius 2 is 2.47 bits per heavy atom. The molecule has 0 bridgehead atoms. The Morgan fingerprint density at radius 1 is 1.67 bits per heavy atom. The van der Waals surface area contributed by atoms with Crippen molar-refractivity contribution in [3.63, 3.8) is 0 Å². The molecular weight excluding hydrogens is 217 g/mol. The Labute approximate surface area is 89.2 Å². The van der Waals surface area contributed by atoms with Gasteiger partial charge in [-0.25, -0.2) is 9.37 Å². The van der Waals surface area contributed by atoms with Crippen LogP contribution in [0.1, 0.15) is 16.2 Å². The number of carbonyl (C=O) groups excluding carboxylic acids is 1. The molecule has 1 amide bonds. The highest BCUT2D eigenvalue weighted by Gasteiger charge is 2.11. The van der Waals surface area contributed by atoms with Gasteiger partial charge >= 0.3 is 0 Å². The first-order valence-electron chi connectivity index (χ1n) is 4.22. The van der Waals surface area contributed by atoms with Crippen molar-refractivity contribution >= 4 is 22.2 Å². The lowest BCUT2D eigenvalue weighted by molar-refractivity contribution is 0.102. The number of hydrogen-bond acceptors (Lipinski definition) is 3.